The molecule has 4 rings (SSSR count). The highest BCUT2D eigenvalue weighted by molar-refractivity contribution is 6.41. The fourth-order valence-electron chi connectivity index (χ4n) is 4.55. The largest absolute Gasteiger partial charge is 0.633 e. The van der Waals surface area contributed by atoms with Crippen molar-refractivity contribution in [2.75, 3.05) is 53.3 Å². The summed E-state index contributed by atoms with van der Waals surface area (Å²) in [5.74, 6) is 0.863. The number of methoxy groups -OCH3 is 2. The lowest BCUT2D eigenvalue weighted by Crippen LogP contribution is -2.67. The minimum absolute atomic E-state index is 0.0304. The number of amides is 1. The third-order valence-corrected chi connectivity index (χ3v) is 7.70. The van der Waals surface area contributed by atoms with Gasteiger partial charge in [-0.1, -0.05) is 23.2 Å². The van der Waals surface area contributed by atoms with E-state index in [0.29, 0.717) is 17.0 Å². The number of rotatable bonds is 8. The summed E-state index contributed by atoms with van der Waals surface area (Å²) in [5.41, 5.74) is -0.345. The summed E-state index contributed by atoms with van der Waals surface area (Å²) >= 11 is 13.3. The van der Waals surface area contributed by atoms with Gasteiger partial charge in [0, 0.05) is 30.3 Å². The van der Waals surface area contributed by atoms with Crippen molar-refractivity contribution in [1.82, 2.24) is 19.4 Å². The molecule has 3 heterocycles. The van der Waals surface area contributed by atoms with Crippen molar-refractivity contribution >= 4 is 46.3 Å². The van der Waals surface area contributed by atoms with Crippen molar-refractivity contribution in [3.63, 3.8) is 0 Å². The first-order valence-electron chi connectivity index (χ1n) is 12.9. The lowest BCUT2D eigenvalue weighted by atomic mass is 10.0. The molecule has 2 aromatic heterocycles. The highest BCUT2D eigenvalue weighted by Gasteiger charge is 2.41. The summed E-state index contributed by atoms with van der Waals surface area (Å²) in [6, 6.07) is 2.77. The summed E-state index contributed by atoms with van der Waals surface area (Å²) < 4.78 is 16.9. The van der Waals surface area contributed by atoms with E-state index in [1.165, 1.54) is 36.8 Å². The van der Waals surface area contributed by atoms with Gasteiger partial charge in [0.15, 0.2) is 0 Å². The Balaban J connectivity index is 1.72. The molecule has 3 aromatic rings. The number of aromatic nitrogens is 3. The summed E-state index contributed by atoms with van der Waals surface area (Å²) in [7, 11) is 6.09. The van der Waals surface area contributed by atoms with E-state index in [1.54, 1.807) is 40.1 Å². The molecule has 0 spiro atoms. The Morgan fingerprint density at radius 2 is 1.78 bits per heavy atom. The number of hydrogen-bond donors (Lipinski definition) is 1. The van der Waals surface area contributed by atoms with Gasteiger partial charge in [0.1, 0.15) is 28.8 Å². The lowest BCUT2D eigenvalue weighted by molar-refractivity contribution is -0.892. The fourth-order valence-corrected chi connectivity index (χ4v) is 5.25. The number of quaternary nitrogens is 1. The molecule has 1 aromatic carbocycles. The second kappa shape index (κ2) is 11.5. The zero-order chi connectivity index (χ0) is 30.3. The van der Waals surface area contributed by atoms with Crippen LogP contribution in [-0.2, 0) is 11.3 Å². The Morgan fingerprint density at radius 1 is 1.17 bits per heavy atom. The Bertz CT molecular complexity index is 1500. The molecule has 1 atom stereocenters. The number of likely N-dealkylation sites (N-methyl/N-ethyl adjacent to an activating group) is 1. The third kappa shape index (κ3) is 6.15. The van der Waals surface area contributed by atoms with Gasteiger partial charge in [0.25, 0.3) is 5.56 Å². The van der Waals surface area contributed by atoms with Crippen LogP contribution in [0.25, 0.3) is 22.2 Å². The van der Waals surface area contributed by atoms with Crippen molar-refractivity contribution in [2.24, 2.45) is 0 Å². The average Bonchev–Trinajstić information content (AvgIpc) is 2.86. The molecule has 1 aliphatic heterocycles. The normalized spacial score (nSPS) is 15.3. The molecule has 0 radical (unpaired) electrons. The first kappa shape index (κ1) is 30.6. The number of fused-ring (bicyclic) bond motifs is 1. The Hall–Kier alpha value is -3.32. The van der Waals surface area contributed by atoms with Gasteiger partial charge in [-0.3, -0.25) is 14.3 Å². The fraction of sp³-hybridized carbons (Fsp3) is 0.481. The SMILES string of the molecule is CNc1ncc2cc(-c3c(Cl)c(OC)cc(OC)c3Cl)c(=O)n(CC[N+](C)([O-])C3CN(C(=O)OC(C)(C)C)C3)c2n1. The Labute approximate surface area is 247 Å². The number of carbonyl (C=O) groups is 1. The van der Waals surface area contributed by atoms with Crippen molar-refractivity contribution in [2.45, 2.75) is 39.0 Å². The van der Waals surface area contributed by atoms with E-state index < -0.39 is 21.9 Å². The second-order valence-corrected chi connectivity index (χ2v) is 11.7. The van der Waals surface area contributed by atoms with Crippen LogP contribution in [0.4, 0.5) is 10.7 Å². The maximum absolute atomic E-state index is 14.0. The molecule has 1 amide bonds. The van der Waals surface area contributed by atoms with Crippen molar-refractivity contribution < 1.29 is 23.7 Å². The zero-order valence-corrected chi connectivity index (χ0v) is 25.6. The monoisotopic (exact) mass is 608 g/mol. The molecular formula is C27H34Cl2N6O6. The molecule has 14 heteroatoms. The standard InChI is InChI=1S/C27H34Cl2N6O6/c1-27(2,3)41-26(37)33-13-16(14-33)35(5,38)9-8-34-23-15(12-31-25(30-4)32-23)10-17(24(34)36)20-21(28)18(39-6)11-19(40-7)22(20)29/h10-12,16H,8-9,13-14H2,1-7H3,(H,30,31,32). The van der Waals surface area contributed by atoms with Crippen LogP contribution in [0.15, 0.2) is 23.1 Å². The first-order chi connectivity index (χ1) is 19.2. The molecule has 41 heavy (non-hydrogen) atoms. The van der Waals surface area contributed by atoms with E-state index in [4.69, 9.17) is 37.4 Å². The number of carbonyl (C=O) groups excluding carboxylic acids is 1. The van der Waals surface area contributed by atoms with Gasteiger partial charge in [0.2, 0.25) is 5.95 Å². The van der Waals surface area contributed by atoms with Gasteiger partial charge in [-0.2, -0.15) is 4.98 Å². The van der Waals surface area contributed by atoms with Crippen LogP contribution in [0, 0.1) is 5.21 Å². The van der Waals surface area contributed by atoms with Gasteiger partial charge in [-0.05, 0) is 26.8 Å². The lowest BCUT2D eigenvalue weighted by Gasteiger charge is -2.53. The van der Waals surface area contributed by atoms with Crippen molar-refractivity contribution in [3.8, 4) is 22.6 Å². The number of halogens is 2. The summed E-state index contributed by atoms with van der Waals surface area (Å²) in [6.07, 6.45) is 1.12. The number of nitrogens with one attached hydrogen (secondary N) is 1. The van der Waals surface area contributed by atoms with Crippen molar-refractivity contribution in [3.05, 3.63) is 43.9 Å². The molecule has 1 N–H and O–H groups in total. The topological polar surface area (TPSA) is 131 Å². The summed E-state index contributed by atoms with van der Waals surface area (Å²) in [5, 5.41) is 17.3. The Kier molecular flexibility index (Phi) is 8.60. The van der Waals surface area contributed by atoms with Crippen LogP contribution in [-0.4, -0.2) is 89.8 Å². The minimum atomic E-state index is -0.671. The van der Waals surface area contributed by atoms with E-state index in [-0.39, 0.29) is 64.9 Å². The molecule has 1 unspecified atom stereocenters. The summed E-state index contributed by atoms with van der Waals surface area (Å²) in [4.78, 5) is 36.7. The molecule has 0 saturated carbocycles. The Morgan fingerprint density at radius 3 is 2.32 bits per heavy atom. The number of ether oxygens (including phenoxy) is 3. The van der Waals surface area contributed by atoms with E-state index in [0.717, 1.165) is 0 Å². The number of hydrogen-bond acceptors (Lipinski definition) is 9. The van der Waals surface area contributed by atoms with Gasteiger partial charge in [-0.15, -0.1) is 0 Å². The average molecular weight is 610 g/mol. The number of anilines is 1. The predicted molar refractivity (Wildman–Crippen MR) is 158 cm³/mol. The number of likely N-dealkylation sites (tertiary alicyclic amines) is 1. The van der Waals surface area contributed by atoms with Crippen LogP contribution in [0.5, 0.6) is 11.5 Å². The van der Waals surface area contributed by atoms with Crippen LogP contribution < -0.4 is 20.3 Å². The minimum Gasteiger partial charge on any atom is -0.633 e. The number of pyridine rings is 1. The quantitative estimate of drug-likeness (QED) is 0.292. The second-order valence-electron chi connectivity index (χ2n) is 11.0. The summed E-state index contributed by atoms with van der Waals surface area (Å²) in [6.45, 7) is 5.94. The highest BCUT2D eigenvalue weighted by Crippen LogP contribution is 2.45. The van der Waals surface area contributed by atoms with Gasteiger partial charge in [-0.25, -0.2) is 9.78 Å². The number of nitrogens with zero attached hydrogens (tertiary/aromatic N) is 5. The molecule has 1 fully saturated rings. The first-order valence-corrected chi connectivity index (χ1v) is 13.7. The predicted octanol–water partition coefficient (Wildman–Crippen LogP) is 4.39. The van der Waals surface area contributed by atoms with Crippen LogP contribution >= 0.6 is 23.2 Å². The molecule has 1 saturated heterocycles. The van der Waals surface area contributed by atoms with E-state index in [9.17, 15) is 14.8 Å². The van der Waals surface area contributed by atoms with Gasteiger partial charge in [0.05, 0.1) is 63.1 Å². The molecular weight excluding hydrogens is 575 g/mol. The van der Waals surface area contributed by atoms with E-state index >= 15 is 0 Å². The molecule has 1 aliphatic rings. The molecule has 12 nitrogen and oxygen atoms in total. The third-order valence-electron chi connectivity index (χ3n) is 6.95. The number of hydroxylamine groups is 3. The van der Waals surface area contributed by atoms with Gasteiger partial charge >= 0.3 is 6.09 Å². The highest BCUT2D eigenvalue weighted by atomic mass is 35.5. The van der Waals surface area contributed by atoms with Crippen molar-refractivity contribution in [1.29, 1.82) is 0 Å². The van der Waals surface area contributed by atoms with Crippen LogP contribution in [0.2, 0.25) is 10.0 Å². The van der Waals surface area contributed by atoms with Crippen LogP contribution in [0.3, 0.4) is 0 Å². The van der Waals surface area contributed by atoms with Crippen LogP contribution in [0.1, 0.15) is 20.8 Å². The maximum Gasteiger partial charge on any atom is 0.410 e. The zero-order valence-electron chi connectivity index (χ0n) is 24.1. The van der Waals surface area contributed by atoms with E-state index in [1.807, 2.05) is 0 Å². The molecule has 222 valence electrons. The van der Waals surface area contributed by atoms with Gasteiger partial charge < -0.3 is 29.4 Å². The molecule has 0 aliphatic carbocycles. The number of benzene rings is 1. The molecule has 0 bridgehead atoms. The van der Waals surface area contributed by atoms with E-state index in [2.05, 4.69) is 15.3 Å². The smallest absolute Gasteiger partial charge is 0.410 e. The maximum atomic E-state index is 14.0.